The van der Waals surface area contributed by atoms with Crippen molar-refractivity contribution in [3.05, 3.63) is 36.0 Å². The molecule has 2 aliphatic carbocycles. The average molecular weight is 439 g/mol. The van der Waals surface area contributed by atoms with Gasteiger partial charge in [-0.2, -0.15) is 14.8 Å². The zero-order valence-electron chi connectivity index (χ0n) is 18.4. The molecule has 2 aliphatic rings. The monoisotopic (exact) mass is 438 g/mol. The molecule has 2 heterocycles. The van der Waals surface area contributed by atoms with Gasteiger partial charge in [-0.15, -0.1) is 0 Å². The average Bonchev–Trinajstić information content (AvgIpc) is 3.21. The van der Waals surface area contributed by atoms with E-state index in [0.29, 0.717) is 18.0 Å². The van der Waals surface area contributed by atoms with Crippen LogP contribution in [-0.4, -0.2) is 20.7 Å². The van der Waals surface area contributed by atoms with Gasteiger partial charge in [-0.1, -0.05) is 32.1 Å². The van der Waals surface area contributed by atoms with Crippen LogP contribution < -0.4 is 11.1 Å². The molecule has 0 aromatic carbocycles. The van der Waals surface area contributed by atoms with E-state index >= 15 is 0 Å². The van der Waals surface area contributed by atoms with E-state index in [9.17, 15) is 14.4 Å². The molecule has 0 atom stereocenters. The standard InChI is InChI=1S/C24H31FN6O/c25-21-15-19(8-13-28-21)29-23-20(22(27)32)16-31(30-23)24(11-12-26)9-6-18(7-10-24)14-17-4-2-1-3-5-17/h8,13,15-18H,1-7,9-11,14H2,(H2,27,32)(H,28,29,30). The van der Waals surface area contributed by atoms with Gasteiger partial charge < -0.3 is 11.1 Å². The summed E-state index contributed by atoms with van der Waals surface area (Å²) in [6.45, 7) is 0. The van der Waals surface area contributed by atoms with Crippen molar-refractivity contribution in [3.8, 4) is 6.07 Å². The fraction of sp³-hybridized carbons (Fsp3) is 0.583. The topological polar surface area (TPSA) is 110 Å². The van der Waals surface area contributed by atoms with Crippen molar-refractivity contribution >= 4 is 17.4 Å². The van der Waals surface area contributed by atoms with Gasteiger partial charge in [0.2, 0.25) is 5.95 Å². The van der Waals surface area contributed by atoms with Crippen LogP contribution in [-0.2, 0) is 5.54 Å². The SMILES string of the molecule is N#CCC1(n2cc(C(N)=O)c(Nc3ccnc(F)c3)n2)CCC(CC2CCCCC2)CC1. The van der Waals surface area contributed by atoms with Gasteiger partial charge in [0.05, 0.1) is 18.0 Å². The highest BCUT2D eigenvalue weighted by Gasteiger charge is 2.39. The molecule has 7 nitrogen and oxygen atoms in total. The fourth-order valence-corrected chi connectivity index (χ4v) is 5.49. The maximum absolute atomic E-state index is 13.5. The van der Waals surface area contributed by atoms with Crippen LogP contribution in [0.4, 0.5) is 15.9 Å². The Bertz CT molecular complexity index is 983. The molecule has 3 N–H and O–H groups in total. The van der Waals surface area contributed by atoms with Crippen molar-refractivity contribution in [2.24, 2.45) is 17.6 Å². The van der Waals surface area contributed by atoms with Crippen molar-refractivity contribution in [1.82, 2.24) is 14.8 Å². The number of rotatable bonds is 7. The highest BCUT2D eigenvalue weighted by atomic mass is 19.1. The highest BCUT2D eigenvalue weighted by molar-refractivity contribution is 5.98. The summed E-state index contributed by atoms with van der Waals surface area (Å²) in [5, 5.41) is 17.2. The van der Waals surface area contributed by atoms with E-state index in [-0.39, 0.29) is 11.4 Å². The van der Waals surface area contributed by atoms with E-state index in [0.717, 1.165) is 31.6 Å². The summed E-state index contributed by atoms with van der Waals surface area (Å²) in [5.74, 6) is 0.553. The molecule has 2 fully saturated rings. The second kappa shape index (κ2) is 9.68. The minimum absolute atomic E-state index is 0.226. The quantitative estimate of drug-likeness (QED) is 0.589. The van der Waals surface area contributed by atoms with Crippen molar-refractivity contribution in [3.63, 3.8) is 0 Å². The number of anilines is 2. The Labute approximate surface area is 188 Å². The number of hydrogen-bond acceptors (Lipinski definition) is 5. The van der Waals surface area contributed by atoms with Crippen molar-refractivity contribution in [1.29, 1.82) is 5.26 Å². The Morgan fingerprint density at radius 3 is 2.62 bits per heavy atom. The number of hydrogen-bond donors (Lipinski definition) is 2. The van der Waals surface area contributed by atoms with Gasteiger partial charge in [-0.05, 0) is 50.0 Å². The van der Waals surface area contributed by atoms with Crippen LogP contribution in [0.2, 0.25) is 0 Å². The van der Waals surface area contributed by atoms with E-state index in [1.54, 1.807) is 16.9 Å². The maximum Gasteiger partial charge on any atom is 0.254 e. The summed E-state index contributed by atoms with van der Waals surface area (Å²) in [5.41, 5.74) is 5.80. The number of pyridine rings is 1. The van der Waals surface area contributed by atoms with Crippen LogP contribution in [0.1, 0.15) is 81.0 Å². The second-order valence-corrected chi connectivity index (χ2v) is 9.43. The fourth-order valence-electron chi connectivity index (χ4n) is 5.49. The van der Waals surface area contributed by atoms with Gasteiger partial charge in [0.25, 0.3) is 5.91 Å². The van der Waals surface area contributed by atoms with Gasteiger partial charge in [0.15, 0.2) is 5.82 Å². The largest absolute Gasteiger partial charge is 0.365 e. The first-order valence-corrected chi connectivity index (χ1v) is 11.6. The molecule has 8 heteroatoms. The number of nitrogens with two attached hydrogens (primary N) is 1. The van der Waals surface area contributed by atoms with Crippen molar-refractivity contribution in [2.45, 2.75) is 76.2 Å². The van der Waals surface area contributed by atoms with E-state index < -0.39 is 17.4 Å². The maximum atomic E-state index is 13.5. The Hall–Kier alpha value is -2.95. The first-order chi connectivity index (χ1) is 15.5. The molecule has 0 spiro atoms. The lowest BCUT2D eigenvalue weighted by Gasteiger charge is -2.40. The Kier molecular flexibility index (Phi) is 6.73. The lowest BCUT2D eigenvalue weighted by Crippen LogP contribution is -2.38. The summed E-state index contributed by atoms with van der Waals surface area (Å²) in [6.07, 6.45) is 15.2. The summed E-state index contributed by atoms with van der Waals surface area (Å²) in [6, 6.07) is 5.15. The summed E-state index contributed by atoms with van der Waals surface area (Å²) in [7, 11) is 0. The number of nitriles is 1. The molecule has 2 saturated carbocycles. The summed E-state index contributed by atoms with van der Waals surface area (Å²) >= 11 is 0. The van der Waals surface area contributed by atoms with Crippen molar-refractivity contribution in [2.75, 3.05) is 5.32 Å². The second-order valence-electron chi connectivity index (χ2n) is 9.43. The Balaban J connectivity index is 1.53. The molecule has 0 radical (unpaired) electrons. The first-order valence-electron chi connectivity index (χ1n) is 11.6. The van der Waals surface area contributed by atoms with E-state index in [2.05, 4.69) is 21.5 Å². The summed E-state index contributed by atoms with van der Waals surface area (Å²) < 4.78 is 15.2. The number of nitrogens with zero attached hydrogens (tertiary/aromatic N) is 4. The van der Waals surface area contributed by atoms with Gasteiger partial charge >= 0.3 is 0 Å². The highest BCUT2D eigenvalue weighted by Crippen LogP contribution is 2.44. The minimum Gasteiger partial charge on any atom is -0.365 e. The molecule has 1 amide bonds. The number of amides is 1. The minimum atomic E-state index is -0.632. The van der Waals surface area contributed by atoms with E-state index in [1.807, 2.05) is 0 Å². The van der Waals surface area contributed by atoms with Crippen LogP contribution in [0.3, 0.4) is 0 Å². The van der Waals surface area contributed by atoms with Gasteiger partial charge in [0, 0.05) is 24.1 Å². The molecular weight excluding hydrogens is 407 g/mol. The third-order valence-corrected chi connectivity index (χ3v) is 7.29. The number of carbonyl (C=O) groups excluding carboxylic acids is 1. The Morgan fingerprint density at radius 1 is 1.25 bits per heavy atom. The third kappa shape index (κ3) is 4.93. The molecule has 32 heavy (non-hydrogen) atoms. The molecule has 0 aliphatic heterocycles. The van der Waals surface area contributed by atoms with Crippen LogP contribution in [0.25, 0.3) is 0 Å². The summed E-state index contributed by atoms with van der Waals surface area (Å²) in [4.78, 5) is 15.6. The zero-order chi connectivity index (χ0) is 22.6. The van der Waals surface area contributed by atoms with E-state index in [1.165, 1.54) is 50.8 Å². The number of nitrogens with one attached hydrogen (secondary N) is 1. The molecule has 4 rings (SSSR count). The lowest BCUT2D eigenvalue weighted by atomic mass is 9.71. The van der Waals surface area contributed by atoms with Gasteiger partial charge in [0.1, 0.15) is 5.56 Å². The molecule has 0 unspecified atom stereocenters. The molecule has 170 valence electrons. The van der Waals surface area contributed by atoms with Crippen LogP contribution in [0, 0.1) is 29.1 Å². The van der Waals surface area contributed by atoms with Gasteiger partial charge in [-0.3, -0.25) is 9.48 Å². The third-order valence-electron chi connectivity index (χ3n) is 7.29. The zero-order valence-corrected chi connectivity index (χ0v) is 18.4. The number of primary amides is 1. The number of aromatic nitrogens is 3. The van der Waals surface area contributed by atoms with Crippen LogP contribution >= 0.6 is 0 Å². The predicted molar refractivity (Wildman–Crippen MR) is 120 cm³/mol. The molecule has 2 aromatic heterocycles. The van der Waals surface area contributed by atoms with Crippen LogP contribution in [0.15, 0.2) is 24.5 Å². The van der Waals surface area contributed by atoms with Crippen LogP contribution in [0.5, 0.6) is 0 Å². The molecule has 0 saturated heterocycles. The molecular formula is C24H31FN6O. The number of carbonyl (C=O) groups is 1. The van der Waals surface area contributed by atoms with Gasteiger partial charge in [-0.25, -0.2) is 4.98 Å². The Morgan fingerprint density at radius 2 is 1.97 bits per heavy atom. The predicted octanol–water partition coefficient (Wildman–Crippen LogP) is 5.03. The normalized spacial score (nSPS) is 24.1. The first kappa shape index (κ1) is 22.3. The molecule has 2 aromatic rings. The number of halogens is 1. The smallest absolute Gasteiger partial charge is 0.254 e. The van der Waals surface area contributed by atoms with E-state index in [4.69, 9.17) is 5.73 Å². The van der Waals surface area contributed by atoms with Crippen molar-refractivity contribution < 1.29 is 9.18 Å². The molecule has 0 bridgehead atoms. The lowest BCUT2D eigenvalue weighted by molar-refractivity contribution is 0.0999.